The number of rotatable bonds is 10. The smallest absolute Gasteiger partial charge is 0.0619 e. The summed E-state index contributed by atoms with van der Waals surface area (Å²) < 4.78 is 0. The van der Waals surface area contributed by atoms with Crippen LogP contribution >= 0.6 is 0 Å². The SMILES string of the molecule is NCNC(CC(NCN)NCN)NCN. The molecule has 15 heavy (non-hydrogen) atoms. The second-order valence-corrected chi connectivity index (χ2v) is 2.97. The second-order valence-electron chi connectivity index (χ2n) is 2.97. The van der Waals surface area contributed by atoms with Crippen LogP contribution in [-0.4, -0.2) is 39.0 Å². The molecule has 0 amide bonds. The van der Waals surface area contributed by atoms with Crippen LogP contribution in [0, 0.1) is 0 Å². The monoisotopic (exact) mass is 220 g/mol. The Morgan fingerprint density at radius 3 is 1.07 bits per heavy atom. The molecular formula is C7H24N8. The molecule has 0 atom stereocenters. The van der Waals surface area contributed by atoms with Gasteiger partial charge < -0.3 is 22.9 Å². The van der Waals surface area contributed by atoms with Crippen LogP contribution in [0.25, 0.3) is 0 Å². The predicted octanol–water partition coefficient (Wildman–Crippen LogP) is -3.95. The van der Waals surface area contributed by atoms with Crippen molar-refractivity contribution in [1.82, 2.24) is 21.3 Å². The van der Waals surface area contributed by atoms with Crippen LogP contribution < -0.4 is 44.2 Å². The highest BCUT2D eigenvalue weighted by atomic mass is 15.2. The Labute approximate surface area is 90.5 Å². The third kappa shape index (κ3) is 7.59. The molecule has 0 aromatic heterocycles. The van der Waals surface area contributed by atoms with Crippen molar-refractivity contribution in [3.05, 3.63) is 0 Å². The Hall–Kier alpha value is -0.320. The summed E-state index contributed by atoms with van der Waals surface area (Å²) in [5.41, 5.74) is 21.6. The van der Waals surface area contributed by atoms with Gasteiger partial charge in [-0.3, -0.25) is 21.3 Å². The standard InChI is InChI=1S/C7H24N8/c8-2-12-6(13-3-9)1-7(14-4-10)15-5-11/h6-7,12-15H,1-5,8-11H2. The van der Waals surface area contributed by atoms with Crippen LogP contribution in [-0.2, 0) is 0 Å². The van der Waals surface area contributed by atoms with Gasteiger partial charge in [-0.1, -0.05) is 0 Å². The van der Waals surface area contributed by atoms with Crippen molar-refractivity contribution >= 4 is 0 Å². The van der Waals surface area contributed by atoms with Crippen molar-refractivity contribution in [2.75, 3.05) is 26.7 Å². The third-order valence-corrected chi connectivity index (χ3v) is 1.93. The maximum Gasteiger partial charge on any atom is 0.0619 e. The lowest BCUT2D eigenvalue weighted by Crippen LogP contribution is -2.55. The Balaban J connectivity index is 3.93. The molecule has 0 saturated carbocycles. The summed E-state index contributed by atoms with van der Waals surface area (Å²) in [6.07, 6.45) is 0.800. The maximum absolute atomic E-state index is 5.40. The number of hydrogen-bond acceptors (Lipinski definition) is 8. The molecule has 0 aliphatic heterocycles. The van der Waals surface area contributed by atoms with Gasteiger partial charge in [-0.15, -0.1) is 0 Å². The first-order valence-corrected chi connectivity index (χ1v) is 5.02. The van der Waals surface area contributed by atoms with Gasteiger partial charge in [0, 0.05) is 33.1 Å². The van der Waals surface area contributed by atoms with Crippen LogP contribution in [0.4, 0.5) is 0 Å². The van der Waals surface area contributed by atoms with Gasteiger partial charge in [0.1, 0.15) is 0 Å². The summed E-state index contributed by atoms with van der Waals surface area (Å²) in [6.45, 7) is 1.54. The van der Waals surface area contributed by atoms with Crippen LogP contribution in [0.3, 0.4) is 0 Å². The van der Waals surface area contributed by atoms with E-state index in [4.69, 9.17) is 22.9 Å². The highest BCUT2D eigenvalue weighted by molar-refractivity contribution is 4.71. The fraction of sp³-hybridized carbons (Fsp3) is 1.00. The minimum absolute atomic E-state index is 0.0306. The zero-order valence-corrected chi connectivity index (χ0v) is 9.00. The third-order valence-electron chi connectivity index (χ3n) is 1.93. The van der Waals surface area contributed by atoms with E-state index in [1.54, 1.807) is 0 Å². The molecule has 0 radical (unpaired) electrons. The molecule has 0 heterocycles. The molecule has 0 saturated heterocycles. The van der Waals surface area contributed by atoms with Gasteiger partial charge in [0.15, 0.2) is 0 Å². The molecule has 0 aromatic rings. The Morgan fingerprint density at radius 2 is 0.867 bits per heavy atom. The van der Waals surface area contributed by atoms with Crippen molar-refractivity contribution < 1.29 is 0 Å². The van der Waals surface area contributed by atoms with E-state index < -0.39 is 0 Å². The molecule has 92 valence electrons. The minimum Gasteiger partial charge on any atom is -0.318 e. The second kappa shape index (κ2) is 10.2. The van der Waals surface area contributed by atoms with Crippen LogP contribution in [0.1, 0.15) is 6.42 Å². The van der Waals surface area contributed by atoms with Crippen LogP contribution in [0.15, 0.2) is 0 Å². The molecule has 0 aliphatic carbocycles. The van der Waals surface area contributed by atoms with Crippen molar-refractivity contribution in [1.29, 1.82) is 0 Å². The van der Waals surface area contributed by atoms with Crippen LogP contribution in [0.2, 0.25) is 0 Å². The molecule has 0 spiro atoms. The summed E-state index contributed by atoms with van der Waals surface area (Å²) in [6, 6.07) is 0. The van der Waals surface area contributed by atoms with Crippen molar-refractivity contribution in [2.45, 2.75) is 18.8 Å². The average Bonchev–Trinajstić information content (AvgIpc) is 2.19. The quantitative estimate of drug-likeness (QED) is 0.174. The molecule has 0 bridgehead atoms. The van der Waals surface area contributed by atoms with E-state index in [0.717, 1.165) is 6.42 Å². The lowest BCUT2D eigenvalue weighted by atomic mass is 10.2. The summed E-state index contributed by atoms with van der Waals surface area (Å²) >= 11 is 0. The predicted molar refractivity (Wildman–Crippen MR) is 61.0 cm³/mol. The highest BCUT2D eigenvalue weighted by Gasteiger charge is 2.12. The number of nitrogens with one attached hydrogen (secondary N) is 4. The number of hydrogen-bond donors (Lipinski definition) is 8. The highest BCUT2D eigenvalue weighted by Crippen LogP contribution is 1.91. The first-order valence-electron chi connectivity index (χ1n) is 5.02. The van der Waals surface area contributed by atoms with Crippen molar-refractivity contribution in [3.8, 4) is 0 Å². The van der Waals surface area contributed by atoms with E-state index in [9.17, 15) is 0 Å². The van der Waals surface area contributed by atoms with Gasteiger partial charge in [0.25, 0.3) is 0 Å². The van der Waals surface area contributed by atoms with Crippen molar-refractivity contribution in [3.63, 3.8) is 0 Å². The zero-order chi connectivity index (χ0) is 11.5. The van der Waals surface area contributed by atoms with Crippen LogP contribution in [0.5, 0.6) is 0 Å². The Morgan fingerprint density at radius 1 is 0.600 bits per heavy atom. The average molecular weight is 220 g/mol. The van der Waals surface area contributed by atoms with Crippen molar-refractivity contribution in [2.24, 2.45) is 22.9 Å². The maximum atomic E-state index is 5.40. The topological polar surface area (TPSA) is 152 Å². The Kier molecular flexibility index (Phi) is 9.99. The summed E-state index contributed by atoms with van der Waals surface area (Å²) in [4.78, 5) is 0. The fourth-order valence-electron chi connectivity index (χ4n) is 1.28. The van der Waals surface area contributed by atoms with Gasteiger partial charge in [-0.2, -0.15) is 0 Å². The van der Waals surface area contributed by atoms with E-state index in [1.807, 2.05) is 0 Å². The van der Waals surface area contributed by atoms with E-state index in [1.165, 1.54) is 0 Å². The molecule has 0 unspecified atom stereocenters. The normalized spacial score (nSPS) is 11.6. The lowest BCUT2D eigenvalue weighted by Gasteiger charge is -2.25. The molecular weight excluding hydrogens is 196 g/mol. The Bertz CT molecular complexity index is 106. The fourth-order valence-corrected chi connectivity index (χ4v) is 1.28. The van der Waals surface area contributed by atoms with Gasteiger partial charge in [0.2, 0.25) is 0 Å². The van der Waals surface area contributed by atoms with Gasteiger partial charge in [-0.05, 0) is 0 Å². The zero-order valence-electron chi connectivity index (χ0n) is 9.00. The molecule has 8 nitrogen and oxygen atoms in total. The molecule has 0 aromatic carbocycles. The minimum atomic E-state index is 0.0306. The van der Waals surface area contributed by atoms with E-state index in [-0.39, 0.29) is 12.3 Å². The first kappa shape index (κ1) is 14.7. The van der Waals surface area contributed by atoms with Gasteiger partial charge >= 0.3 is 0 Å². The summed E-state index contributed by atoms with van der Waals surface area (Å²) in [5.74, 6) is 0. The van der Waals surface area contributed by atoms with Gasteiger partial charge in [0.05, 0.1) is 12.3 Å². The molecule has 0 rings (SSSR count). The largest absolute Gasteiger partial charge is 0.318 e. The van der Waals surface area contributed by atoms with Gasteiger partial charge in [-0.25, -0.2) is 0 Å². The van der Waals surface area contributed by atoms with E-state index in [0.29, 0.717) is 26.7 Å². The molecule has 12 N–H and O–H groups in total. The molecule has 8 heteroatoms. The van der Waals surface area contributed by atoms with E-state index >= 15 is 0 Å². The summed E-state index contributed by atoms with van der Waals surface area (Å²) in [5, 5.41) is 12.2. The summed E-state index contributed by atoms with van der Waals surface area (Å²) in [7, 11) is 0. The molecule has 0 aliphatic rings. The van der Waals surface area contributed by atoms with E-state index in [2.05, 4.69) is 21.3 Å². The molecule has 0 fully saturated rings. The lowest BCUT2D eigenvalue weighted by molar-refractivity contribution is 0.319. The number of nitrogens with two attached hydrogens (primary N) is 4. The first-order chi connectivity index (χ1) is 7.28.